The van der Waals surface area contributed by atoms with Crippen LogP contribution < -0.4 is 0 Å². The monoisotopic (exact) mass is 234 g/mol. The van der Waals surface area contributed by atoms with E-state index in [0.717, 1.165) is 6.29 Å². The van der Waals surface area contributed by atoms with E-state index in [1.807, 2.05) is 13.0 Å². The van der Waals surface area contributed by atoms with E-state index in [1.165, 1.54) is 18.2 Å². The van der Waals surface area contributed by atoms with Crippen LogP contribution in [0.1, 0.15) is 19.8 Å². The predicted octanol–water partition coefficient (Wildman–Crippen LogP) is 1.38. The maximum atomic E-state index is 10.0. The first-order valence-electron chi connectivity index (χ1n) is 5.47. The highest BCUT2D eigenvalue weighted by Crippen LogP contribution is 1.99. The first-order valence-corrected chi connectivity index (χ1v) is 5.47. The molecule has 3 nitrogen and oxygen atoms in total. The smallest absolute Gasteiger partial charge is 0.120 e. The van der Waals surface area contributed by atoms with Crippen LogP contribution in [0.2, 0.25) is 0 Å². The molecule has 0 saturated heterocycles. The number of aliphatic hydroxyl groups excluding tert-OH is 2. The molecule has 2 unspecified atom stereocenters. The highest BCUT2D eigenvalue weighted by Gasteiger charge is 2.07. The van der Waals surface area contributed by atoms with Crippen LogP contribution in [0.4, 0.5) is 0 Å². The number of aldehydes is 1. The van der Waals surface area contributed by atoms with E-state index in [9.17, 15) is 15.0 Å². The summed E-state index contributed by atoms with van der Waals surface area (Å²) in [6.45, 7) is 1.86. The summed E-state index contributed by atoms with van der Waals surface area (Å²) in [7, 11) is 0. The molecule has 92 valence electrons. The van der Waals surface area contributed by atoms with E-state index in [4.69, 9.17) is 0 Å². The van der Waals surface area contributed by atoms with Gasteiger partial charge >= 0.3 is 0 Å². The summed E-state index contributed by atoms with van der Waals surface area (Å²) in [4.78, 5) is 10.0. The van der Waals surface area contributed by atoms with Gasteiger partial charge in [0.15, 0.2) is 0 Å². The first kappa shape index (κ1) is 15.4. The van der Waals surface area contributed by atoms with Crippen LogP contribution in [-0.2, 0) is 4.79 Å². The van der Waals surface area contributed by atoms with Crippen molar-refractivity contribution in [3.63, 3.8) is 0 Å². The van der Waals surface area contributed by atoms with Gasteiger partial charge in [-0.05, 0) is 31.6 Å². The van der Waals surface area contributed by atoms with E-state index >= 15 is 0 Å². The molecule has 0 aromatic heterocycles. The number of aliphatic hydroxyl groups is 2. The fraction of sp³-hybridized carbons (Fsp3) is 0.357. The molecule has 0 aliphatic heterocycles. The molecule has 0 aliphatic carbocycles. The van der Waals surface area contributed by atoms with Gasteiger partial charge in [0.05, 0.1) is 0 Å². The largest absolute Gasteiger partial charge is 0.386 e. The zero-order chi connectivity index (χ0) is 12.9. The van der Waals surface area contributed by atoms with Gasteiger partial charge in [0, 0.05) is 6.42 Å². The number of hydrogen-bond acceptors (Lipinski definition) is 3. The van der Waals surface area contributed by atoms with Crippen molar-refractivity contribution in [3.8, 4) is 11.8 Å². The second-order valence-corrected chi connectivity index (χ2v) is 3.30. The summed E-state index contributed by atoms with van der Waals surface area (Å²) in [6, 6.07) is 0. The van der Waals surface area contributed by atoms with Crippen LogP contribution in [0.5, 0.6) is 0 Å². The molecule has 0 amide bonds. The van der Waals surface area contributed by atoms with Crippen molar-refractivity contribution in [2.24, 2.45) is 0 Å². The second kappa shape index (κ2) is 10.9. The van der Waals surface area contributed by atoms with Gasteiger partial charge in [0.1, 0.15) is 18.5 Å². The van der Waals surface area contributed by atoms with Crippen LogP contribution in [0, 0.1) is 11.8 Å². The Morgan fingerprint density at radius 2 is 1.71 bits per heavy atom. The molecule has 0 spiro atoms. The molecule has 3 heteroatoms. The molecule has 2 N–H and O–H groups in total. The van der Waals surface area contributed by atoms with Crippen molar-refractivity contribution in [1.82, 2.24) is 0 Å². The minimum Gasteiger partial charge on any atom is -0.386 e. The zero-order valence-electron chi connectivity index (χ0n) is 9.91. The van der Waals surface area contributed by atoms with Crippen molar-refractivity contribution < 1.29 is 15.0 Å². The highest BCUT2D eigenvalue weighted by molar-refractivity contribution is 5.49. The van der Waals surface area contributed by atoms with Gasteiger partial charge in [0.25, 0.3) is 0 Å². The lowest BCUT2D eigenvalue weighted by Gasteiger charge is -2.08. The average Bonchev–Trinajstić information content (AvgIpc) is 2.34. The minimum atomic E-state index is -0.984. The fourth-order valence-electron chi connectivity index (χ4n) is 0.954. The molecule has 0 bridgehead atoms. The van der Waals surface area contributed by atoms with Crippen LogP contribution in [0.3, 0.4) is 0 Å². The Kier molecular flexibility index (Phi) is 9.83. The third-order valence-electron chi connectivity index (χ3n) is 1.84. The van der Waals surface area contributed by atoms with E-state index in [0.29, 0.717) is 12.8 Å². The minimum absolute atomic E-state index is 0.421. The van der Waals surface area contributed by atoms with Crippen molar-refractivity contribution in [3.05, 3.63) is 36.5 Å². The molecule has 0 rings (SSSR count). The topological polar surface area (TPSA) is 57.5 Å². The Morgan fingerprint density at radius 1 is 1.06 bits per heavy atom. The molecular weight excluding hydrogens is 216 g/mol. The Bertz CT molecular complexity index is 342. The van der Waals surface area contributed by atoms with Crippen molar-refractivity contribution in [2.45, 2.75) is 32.0 Å². The van der Waals surface area contributed by atoms with E-state index in [-0.39, 0.29) is 0 Å². The number of carbonyl (C=O) groups is 1. The van der Waals surface area contributed by atoms with Crippen LogP contribution in [-0.4, -0.2) is 28.7 Å². The predicted molar refractivity (Wildman–Crippen MR) is 68.2 cm³/mol. The standard InChI is InChI=1S/C14H18O3/c1-2-3-4-5-7-10-13(16)14(17)11-8-6-9-12-15/h2-3,7-8,10-14,16-17H,6,9H2,1H3. The molecule has 0 fully saturated rings. The highest BCUT2D eigenvalue weighted by atomic mass is 16.3. The van der Waals surface area contributed by atoms with Crippen LogP contribution >= 0.6 is 0 Å². The fourth-order valence-corrected chi connectivity index (χ4v) is 0.954. The molecule has 0 saturated carbocycles. The van der Waals surface area contributed by atoms with Gasteiger partial charge in [-0.2, -0.15) is 0 Å². The summed E-state index contributed by atoms with van der Waals surface area (Å²) in [5.74, 6) is 5.41. The van der Waals surface area contributed by atoms with Gasteiger partial charge in [-0.1, -0.05) is 30.1 Å². The number of allylic oxidation sites excluding steroid dienone is 4. The van der Waals surface area contributed by atoms with Crippen molar-refractivity contribution in [2.75, 3.05) is 0 Å². The number of carbonyl (C=O) groups excluding carboxylic acids is 1. The molecular formula is C14H18O3. The third-order valence-corrected chi connectivity index (χ3v) is 1.84. The molecule has 0 heterocycles. The summed E-state index contributed by atoms with van der Waals surface area (Å²) in [5, 5.41) is 19.0. The molecule has 0 aromatic rings. The SMILES string of the molecule is CC=CC#CC=CC(O)C(O)C=CCCC=O. The number of unbranched alkanes of at least 4 members (excludes halogenated alkanes) is 1. The van der Waals surface area contributed by atoms with Gasteiger partial charge in [0.2, 0.25) is 0 Å². The van der Waals surface area contributed by atoms with Crippen molar-refractivity contribution >= 4 is 6.29 Å². The first-order chi connectivity index (χ1) is 8.22. The Balaban J connectivity index is 4.05. The van der Waals surface area contributed by atoms with Gasteiger partial charge < -0.3 is 15.0 Å². The third kappa shape index (κ3) is 9.31. The lowest BCUT2D eigenvalue weighted by atomic mass is 10.1. The molecule has 2 atom stereocenters. The van der Waals surface area contributed by atoms with E-state index < -0.39 is 12.2 Å². The number of hydrogen-bond donors (Lipinski definition) is 2. The molecule has 17 heavy (non-hydrogen) atoms. The van der Waals surface area contributed by atoms with Crippen LogP contribution in [0.25, 0.3) is 0 Å². The van der Waals surface area contributed by atoms with E-state index in [2.05, 4.69) is 11.8 Å². The van der Waals surface area contributed by atoms with Gasteiger partial charge in [-0.3, -0.25) is 0 Å². The summed E-state index contributed by atoms with van der Waals surface area (Å²) < 4.78 is 0. The Labute approximate surface area is 102 Å². The Morgan fingerprint density at radius 3 is 2.35 bits per heavy atom. The second-order valence-electron chi connectivity index (χ2n) is 3.30. The summed E-state index contributed by atoms with van der Waals surface area (Å²) in [5.41, 5.74) is 0. The lowest BCUT2D eigenvalue weighted by Crippen LogP contribution is -2.20. The summed E-state index contributed by atoms with van der Waals surface area (Å²) >= 11 is 0. The molecule has 0 radical (unpaired) electrons. The van der Waals surface area contributed by atoms with Crippen LogP contribution in [0.15, 0.2) is 36.5 Å². The van der Waals surface area contributed by atoms with Gasteiger partial charge in [-0.15, -0.1) is 0 Å². The number of rotatable bonds is 6. The van der Waals surface area contributed by atoms with Crippen molar-refractivity contribution in [1.29, 1.82) is 0 Å². The normalized spacial score (nSPS) is 15.0. The molecule has 0 aromatic carbocycles. The van der Waals surface area contributed by atoms with Gasteiger partial charge in [-0.25, -0.2) is 0 Å². The Hall–Kier alpha value is -1.63. The maximum Gasteiger partial charge on any atom is 0.120 e. The maximum absolute atomic E-state index is 10.0. The molecule has 0 aliphatic rings. The average molecular weight is 234 g/mol. The quantitative estimate of drug-likeness (QED) is 0.316. The van der Waals surface area contributed by atoms with E-state index in [1.54, 1.807) is 12.2 Å². The zero-order valence-corrected chi connectivity index (χ0v) is 9.91. The summed E-state index contributed by atoms with van der Waals surface area (Å²) in [6.07, 6.45) is 9.39. The lowest BCUT2D eigenvalue weighted by molar-refractivity contribution is -0.107.